The average molecular weight is 268 g/mol. The van der Waals surface area contributed by atoms with Crippen molar-refractivity contribution >= 4 is 11.3 Å². The van der Waals surface area contributed by atoms with E-state index in [-0.39, 0.29) is 5.41 Å². The fourth-order valence-corrected chi connectivity index (χ4v) is 3.09. The van der Waals surface area contributed by atoms with E-state index in [1.165, 1.54) is 23.5 Å². The van der Waals surface area contributed by atoms with E-state index < -0.39 is 0 Å². The Kier molecular flexibility index (Phi) is 4.09. The van der Waals surface area contributed by atoms with Gasteiger partial charge in [0.1, 0.15) is 5.01 Å². The Bertz CT molecular complexity index is 391. The van der Waals surface area contributed by atoms with Gasteiger partial charge in [0.25, 0.3) is 0 Å². The molecule has 0 spiro atoms. The van der Waals surface area contributed by atoms with Crippen molar-refractivity contribution in [3.63, 3.8) is 0 Å². The maximum absolute atomic E-state index is 9.01. The first-order valence-electron chi connectivity index (χ1n) is 6.72. The van der Waals surface area contributed by atoms with E-state index >= 15 is 0 Å². The third-order valence-corrected chi connectivity index (χ3v) is 4.54. The second-order valence-electron chi connectivity index (χ2n) is 6.45. The van der Waals surface area contributed by atoms with Crippen molar-refractivity contribution in [2.24, 2.45) is 5.41 Å². The Hall–Kier alpha value is -0.450. The maximum Gasteiger partial charge on any atom is 0.107 e. The van der Waals surface area contributed by atoms with E-state index in [1.807, 2.05) is 0 Å². The smallest absolute Gasteiger partial charge is 0.107 e. The summed E-state index contributed by atoms with van der Waals surface area (Å²) in [6.45, 7) is 8.76. The van der Waals surface area contributed by atoms with E-state index in [2.05, 4.69) is 36.5 Å². The van der Waals surface area contributed by atoms with Gasteiger partial charge < -0.3 is 10.4 Å². The molecule has 0 saturated heterocycles. The van der Waals surface area contributed by atoms with Gasteiger partial charge in [-0.05, 0) is 24.7 Å². The van der Waals surface area contributed by atoms with Crippen molar-refractivity contribution in [2.45, 2.75) is 52.0 Å². The number of aromatic nitrogens is 1. The largest absolute Gasteiger partial charge is 0.396 e. The molecule has 1 aliphatic rings. The van der Waals surface area contributed by atoms with Crippen molar-refractivity contribution in [1.82, 2.24) is 10.3 Å². The van der Waals surface area contributed by atoms with Gasteiger partial charge in [-0.15, -0.1) is 11.3 Å². The van der Waals surface area contributed by atoms with E-state index in [4.69, 9.17) is 5.11 Å². The lowest BCUT2D eigenvalue weighted by Crippen LogP contribution is -2.24. The van der Waals surface area contributed by atoms with E-state index in [1.54, 1.807) is 11.3 Å². The molecule has 0 amide bonds. The SMILES string of the molecule is CC(C)(C)c1csc(CNCC2(CCO)CC2)n1. The number of rotatable bonds is 6. The van der Waals surface area contributed by atoms with E-state index in [9.17, 15) is 0 Å². The zero-order valence-electron chi connectivity index (χ0n) is 11.6. The summed E-state index contributed by atoms with van der Waals surface area (Å²) in [6.07, 6.45) is 3.45. The minimum Gasteiger partial charge on any atom is -0.396 e. The third-order valence-electron chi connectivity index (χ3n) is 3.70. The van der Waals surface area contributed by atoms with Crippen LogP contribution < -0.4 is 5.32 Å². The number of thiazole rings is 1. The first-order chi connectivity index (χ1) is 8.45. The molecule has 1 aromatic heterocycles. The summed E-state index contributed by atoms with van der Waals surface area (Å²) in [7, 11) is 0. The van der Waals surface area contributed by atoms with Crippen LogP contribution in [0.2, 0.25) is 0 Å². The quantitative estimate of drug-likeness (QED) is 0.834. The van der Waals surface area contributed by atoms with E-state index in [0.29, 0.717) is 12.0 Å². The first-order valence-corrected chi connectivity index (χ1v) is 7.60. The van der Waals surface area contributed by atoms with Gasteiger partial charge >= 0.3 is 0 Å². The average Bonchev–Trinajstić information content (AvgIpc) is 2.86. The van der Waals surface area contributed by atoms with Crippen LogP contribution in [0.5, 0.6) is 0 Å². The molecule has 3 nitrogen and oxygen atoms in total. The summed E-state index contributed by atoms with van der Waals surface area (Å²) < 4.78 is 0. The second kappa shape index (κ2) is 5.27. The molecule has 1 saturated carbocycles. The van der Waals surface area contributed by atoms with E-state index in [0.717, 1.165) is 19.5 Å². The van der Waals surface area contributed by atoms with Crippen LogP contribution in [-0.4, -0.2) is 23.2 Å². The predicted octanol–water partition coefficient (Wildman–Crippen LogP) is 2.69. The zero-order valence-corrected chi connectivity index (χ0v) is 12.4. The van der Waals surface area contributed by atoms with Crippen molar-refractivity contribution in [1.29, 1.82) is 0 Å². The van der Waals surface area contributed by atoms with Crippen LogP contribution in [0.4, 0.5) is 0 Å². The highest BCUT2D eigenvalue weighted by molar-refractivity contribution is 7.09. The topological polar surface area (TPSA) is 45.1 Å². The van der Waals surface area contributed by atoms with Gasteiger partial charge in [-0.3, -0.25) is 0 Å². The van der Waals surface area contributed by atoms with Crippen LogP contribution in [-0.2, 0) is 12.0 Å². The molecule has 4 heteroatoms. The molecule has 0 aliphatic heterocycles. The molecule has 0 atom stereocenters. The lowest BCUT2D eigenvalue weighted by molar-refractivity contribution is 0.245. The molecule has 18 heavy (non-hydrogen) atoms. The van der Waals surface area contributed by atoms with Crippen LogP contribution in [0.15, 0.2) is 5.38 Å². The lowest BCUT2D eigenvalue weighted by atomic mass is 9.93. The summed E-state index contributed by atoms with van der Waals surface area (Å²) in [5, 5.41) is 15.8. The number of nitrogens with one attached hydrogen (secondary N) is 1. The molecular weight excluding hydrogens is 244 g/mol. The number of nitrogens with zero attached hydrogens (tertiary/aromatic N) is 1. The molecule has 0 bridgehead atoms. The van der Waals surface area contributed by atoms with Gasteiger partial charge in [-0.2, -0.15) is 0 Å². The van der Waals surface area contributed by atoms with Gasteiger partial charge in [0.05, 0.1) is 5.69 Å². The van der Waals surface area contributed by atoms with Gasteiger partial charge in [-0.25, -0.2) is 4.98 Å². The predicted molar refractivity (Wildman–Crippen MR) is 75.9 cm³/mol. The summed E-state index contributed by atoms with van der Waals surface area (Å²) in [5.41, 5.74) is 1.71. The summed E-state index contributed by atoms with van der Waals surface area (Å²) >= 11 is 1.74. The Morgan fingerprint density at radius 2 is 2.17 bits per heavy atom. The second-order valence-corrected chi connectivity index (χ2v) is 7.40. The van der Waals surface area contributed by atoms with Gasteiger partial charge in [0.2, 0.25) is 0 Å². The molecule has 1 fully saturated rings. The molecule has 0 unspecified atom stereocenters. The van der Waals surface area contributed by atoms with Crippen molar-refractivity contribution in [3.8, 4) is 0 Å². The Labute approximate surface area is 114 Å². The highest BCUT2D eigenvalue weighted by Gasteiger charge is 2.41. The minimum absolute atomic E-state index is 0.142. The minimum atomic E-state index is 0.142. The molecule has 1 heterocycles. The van der Waals surface area contributed by atoms with Crippen molar-refractivity contribution in [3.05, 3.63) is 16.1 Å². The monoisotopic (exact) mass is 268 g/mol. The number of aliphatic hydroxyl groups excluding tert-OH is 1. The number of aliphatic hydroxyl groups is 1. The highest BCUT2D eigenvalue weighted by Crippen LogP contribution is 2.47. The van der Waals surface area contributed by atoms with Crippen LogP contribution in [0.25, 0.3) is 0 Å². The Morgan fingerprint density at radius 3 is 2.67 bits per heavy atom. The molecular formula is C14H24N2OS. The van der Waals surface area contributed by atoms with Crippen molar-refractivity contribution < 1.29 is 5.11 Å². The fraction of sp³-hybridized carbons (Fsp3) is 0.786. The summed E-state index contributed by atoms with van der Waals surface area (Å²) in [4.78, 5) is 4.67. The first kappa shape index (κ1) is 14.0. The molecule has 1 aliphatic carbocycles. The Balaban J connectivity index is 1.79. The van der Waals surface area contributed by atoms with Crippen LogP contribution in [0, 0.1) is 5.41 Å². The van der Waals surface area contributed by atoms with Crippen LogP contribution in [0.3, 0.4) is 0 Å². The van der Waals surface area contributed by atoms with Gasteiger partial charge in [0, 0.05) is 30.5 Å². The summed E-state index contributed by atoms with van der Waals surface area (Å²) in [5.74, 6) is 0. The normalized spacial score (nSPS) is 18.0. The molecule has 102 valence electrons. The van der Waals surface area contributed by atoms with Crippen LogP contribution in [0.1, 0.15) is 50.7 Å². The van der Waals surface area contributed by atoms with Gasteiger partial charge in [-0.1, -0.05) is 20.8 Å². The number of hydrogen-bond acceptors (Lipinski definition) is 4. The standard InChI is InChI=1S/C14H24N2OS/c1-13(2,3)11-9-18-12(16-11)8-15-10-14(4-5-14)6-7-17/h9,15,17H,4-8,10H2,1-3H3. The van der Waals surface area contributed by atoms with Crippen molar-refractivity contribution in [2.75, 3.05) is 13.2 Å². The maximum atomic E-state index is 9.01. The third kappa shape index (κ3) is 3.53. The zero-order chi connectivity index (χ0) is 13.2. The molecule has 0 radical (unpaired) electrons. The van der Waals surface area contributed by atoms with Gasteiger partial charge in [0.15, 0.2) is 0 Å². The molecule has 1 aromatic rings. The molecule has 2 rings (SSSR count). The highest BCUT2D eigenvalue weighted by atomic mass is 32.1. The molecule has 2 N–H and O–H groups in total. The number of hydrogen-bond donors (Lipinski definition) is 2. The lowest BCUT2D eigenvalue weighted by Gasteiger charge is -2.15. The van der Waals surface area contributed by atoms with Crippen LogP contribution >= 0.6 is 11.3 Å². The summed E-state index contributed by atoms with van der Waals surface area (Å²) in [6, 6.07) is 0. The Morgan fingerprint density at radius 1 is 1.44 bits per heavy atom. The molecule has 0 aromatic carbocycles. The fourth-order valence-electron chi connectivity index (χ4n) is 2.10.